The Morgan fingerprint density at radius 2 is 1.75 bits per heavy atom. The van der Waals surface area contributed by atoms with Crippen LogP contribution in [0.25, 0.3) is 0 Å². The molecule has 0 heterocycles. The Labute approximate surface area is 147 Å². The summed E-state index contributed by atoms with van der Waals surface area (Å²) in [5.74, 6) is 0.772. The zero-order chi connectivity index (χ0) is 17.0. The molecule has 0 fully saturated rings. The molecule has 0 aromatic heterocycles. The Kier molecular flexibility index (Phi) is 8.21. The first kappa shape index (κ1) is 18.4. The van der Waals surface area contributed by atoms with Crippen LogP contribution in [0.4, 0.5) is 4.79 Å². The number of thioether (sulfide) groups is 1. The summed E-state index contributed by atoms with van der Waals surface area (Å²) in [6.07, 6.45) is 0.352. The van der Waals surface area contributed by atoms with E-state index in [4.69, 9.17) is 9.47 Å². The van der Waals surface area contributed by atoms with Crippen molar-refractivity contribution >= 4 is 17.9 Å². The lowest BCUT2D eigenvalue weighted by Gasteiger charge is -2.18. The van der Waals surface area contributed by atoms with Crippen LogP contribution in [0, 0.1) is 0 Å². The second kappa shape index (κ2) is 10.7. The van der Waals surface area contributed by atoms with Crippen LogP contribution in [0.3, 0.4) is 0 Å². The Morgan fingerprint density at radius 1 is 1.08 bits per heavy atom. The Balaban J connectivity index is 1.79. The van der Waals surface area contributed by atoms with Crippen LogP contribution in [0.5, 0.6) is 0 Å². The van der Waals surface area contributed by atoms with Crippen LogP contribution < -0.4 is 5.32 Å². The highest BCUT2D eigenvalue weighted by Crippen LogP contribution is 2.19. The molecule has 0 aliphatic rings. The quantitative estimate of drug-likeness (QED) is 0.695. The zero-order valence-electron chi connectivity index (χ0n) is 13.8. The molecule has 2 rings (SSSR count). The van der Waals surface area contributed by atoms with Gasteiger partial charge in [-0.05, 0) is 24.1 Å². The molecule has 1 N–H and O–H groups in total. The number of hydrogen-bond acceptors (Lipinski definition) is 4. The molecule has 128 valence electrons. The fourth-order valence-corrected chi connectivity index (χ4v) is 3.10. The molecule has 1 atom stereocenters. The van der Waals surface area contributed by atoms with Crippen LogP contribution >= 0.6 is 11.8 Å². The largest absolute Gasteiger partial charge is 0.445 e. The first-order valence-electron chi connectivity index (χ1n) is 7.92. The molecule has 0 radical (unpaired) electrons. The van der Waals surface area contributed by atoms with Gasteiger partial charge in [0.15, 0.2) is 0 Å². The van der Waals surface area contributed by atoms with E-state index in [1.807, 2.05) is 48.5 Å². The lowest BCUT2D eigenvalue weighted by molar-refractivity contribution is 0.132. The Morgan fingerprint density at radius 3 is 2.42 bits per heavy atom. The third-order valence-corrected chi connectivity index (χ3v) is 4.57. The average molecular weight is 345 g/mol. The maximum absolute atomic E-state index is 12.0. The van der Waals surface area contributed by atoms with Gasteiger partial charge in [-0.25, -0.2) is 4.79 Å². The molecule has 24 heavy (non-hydrogen) atoms. The van der Waals surface area contributed by atoms with E-state index < -0.39 is 6.09 Å². The van der Waals surface area contributed by atoms with Gasteiger partial charge in [-0.2, -0.15) is 0 Å². The number of nitrogens with one attached hydrogen (secondary N) is 1. The summed E-state index contributed by atoms with van der Waals surface area (Å²) >= 11 is 1.71. The fraction of sp³-hybridized carbons (Fsp3) is 0.316. The molecular weight excluding hydrogens is 322 g/mol. The van der Waals surface area contributed by atoms with Gasteiger partial charge in [-0.15, -0.1) is 11.8 Å². The van der Waals surface area contributed by atoms with Gasteiger partial charge >= 0.3 is 6.09 Å². The van der Waals surface area contributed by atoms with Gasteiger partial charge in [0.25, 0.3) is 0 Å². The normalized spacial score (nSPS) is 11.7. The van der Waals surface area contributed by atoms with Crippen molar-refractivity contribution in [1.82, 2.24) is 5.32 Å². The highest BCUT2D eigenvalue weighted by Gasteiger charge is 2.14. The second-order valence-corrected chi connectivity index (χ2v) is 6.40. The van der Waals surface area contributed by atoms with Gasteiger partial charge in [-0.3, -0.25) is 0 Å². The number of amides is 1. The summed E-state index contributed by atoms with van der Waals surface area (Å²) in [5.41, 5.74) is 0.972. The third-order valence-electron chi connectivity index (χ3n) is 3.40. The highest BCUT2D eigenvalue weighted by atomic mass is 32.2. The highest BCUT2D eigenvalue weighted by molar-refractivity contribution is 7.99. The van der Waals surface area contributed by atoms with Crippen molar-refractivity contribution < 1.29 is 14.3 Å². The van der Waals surface area contributed by atoms with Crippen molar-refractivity contribution in [3.05, 3.63) is 66.2 Å². The number of carbonyl (C=O) groups excluding carboxylic acids is 1. The van der Waals surface area contributed by atoms with Gasteiger partial charge in [0.05, 0.1) is 0 Å². The summed E-state index contributed by atoms with van der Waals surface area (Å²) in [4.78, 5) is 13.2. The van der Waals surface area contributed by atoms with Crippen molar-refractivity contribution in [3.8, 4) is 0 Å². The molecule has 2 aromatic carbocycles. The molecule has 0 aliphatic heterocycles. The van der Waals surface area contributed by atoms with Crippen molar-refractivity contribution in [1.29, 1.82) is 0 Å². The van der Waals surface area contributed by atoms with Crippen molar-refractivity contribution in [2.75, 3.05) is 19.5 Å². The summed E-state index contributed by atoms with van der Waals surface area (Å²) < 4.78 is 10.4. The minimum absolute atomic E-state index is 0.00145. The zero-order valence-corrected chi connectivity index (χ0v) is 14.6. The number of alkyl carbamates (subject to hydrolysis) is 1. The van der Waals surface area contributed by atoms with Gasteiger partial charge in [0.2, 0.25) is 0 Å². The lowest BCUT2D eigenvalue weighted by atomic mass is 10.2. The van der Waals surface area contributed by atoms with Crippen LogP contribution in [0.2, 0.25) is 0 Å². The van der Waals surface area contributed by atoms with E-state index in [0.29, 0.717) is 6.61 Å². The maximum Gasteiger partial charge on any atom is 0.407 e. The van der Waals surface area contributed by atoms with E-state index >= 15 is 0 Å². The van der Waals surface area contributed by atoms with Crippen LogP contribution in [-0.2, 0) is 16.1 Å². The molecule has 1 unspecified atom stereocenters. The minimum Gasteiger partial charge on any atom is -0.445 e. The molecule has 0 saturated carbocycles. The van der Waals surface area contributed by atoms with Crippen molar-refractivity contribution in [2.45, 2.75) is 24.0 Å². The van der Waals surface area contributed by atoms with Crippen molar-refractivity contribution in [2.24, 2.45) is 0 Å². The van der Waals surface area contributed by atoms with Gasteiger partial charge in [0.1, 0.15) is 6.61 Å². The molecular formula is C19H23NO3S. The topological polar surface area (TPSA) is 47.6 Å². The number of carbonyl (C=O) groups is 1. The summed E-state index contributed by atoms with van der Waals surface area (Å²) in [6.45, 7) is 0.870. The molecule has 0 saturated heterocycles. The predicted octanol–water partition coefficient (Wildman–Crippen LogP) is 4.11. The van der Waals surface area contributed by atoms with E-state index in [-0.39, 0.29) is 12.6 Å². The van der Waals surface area contributed by atoms with Gasteiger partial charge in [0, 0.05) is 30.4 Å². The van der Waals surface area contributed by atoms with E-state index in [9.17, 15) is 4.79 Å². The summed E-state index contributed by atoms with van der Waals surface area (Å²) in [7, 11) is 1.66. The van der Waals surface area contributed by atoms with Gasteiger partial charge in [-0.1, -0.05) is 48.5 Å². The lowest BCUT2D eigenvalue weighted by Crippen LogP contribution is -2.37. The average Bonchev–Trinajstić information content (AvgIpc) is 2.64. The second-order valence-electron chi connectivity index (χ2n) is 5.31. The standard InChI is InChI=1S/C19H23NO3S/c1-22-13-12-17(15-24-18-10-6-3-7-11-18)20-19(21)23-14-16-8-4-2-5-9-16/h2-11,17H,12-15H2,1H3,(H,20,21). The Bertz CT molecular complexity index is 592. The molecule has 4 nitrogen and oxygen atoms in total. The number of rotatable bonds is 9. The first-order valence-corrected chi connectivity index (χ1v) is 8.90. The number of methoxy groups -OCH3 is 1. The first-order chi connectivity index (χ1) is 11.8. The molecule has 2 aromatic rings. The molecule has 0 spiro atoms. The number of benzene rings is 2. The van der Waals surface area contributed by atoms with Crippen LogP contribution in [0.15, 0.2) is 65.6 Å². The molecule has 0 aliphatic carbocycles. The number of hydrogen-bond donors (Lipinski definition) is 1. The summed E-state index contributed by atoms with van der Waals surface area (Å²) in [6, 6.07) is 19.8. The van der Waals surface area contributed by atoms with E-state index in [1.165, 1.54) is 4.90 Å². The van der Waals surface area contributed by atoms with E-state index in [0.717, 1.165) is 17.7 Å². The van der Waals surface area contributed by atoms with E-state index in [2.05, 4.69) is 17.4 Å². The molecule has 1 amide bonds. The smallest absolute Gasteiger partial charge is 0.407 e. The van der Waals surface area contributed by atoms with Crippen molar-refractivity contribution in [3.63, 3.8) is 0 Å². The monoisotopic (exact) mass is 345 g/mol. The number of ether oxygens (including phenoxy) is 2. The maximum atomic E-state index is 12.0. The van der Waals surface area contributed by atoms with Crippen LogP contribution in [-0.4, -0.2) is 31.6 Å². The van der Waals surface area contributed by atoms with Crippen LogP contribution in [0.1, 0.15) is 12.0 Å². The fourth-order valence-electron chi connectivity index (χ4n) is 2.10. The minimum atomic E-state index is -0.395. The predicted molar refractivity (Wildman–Crippen MR) is 97.2 cm³/mol. The molecule has 5 heteroatoms. The van der Waals surface area contributed by atoms with E-state index in [1.54, 1.807) is 18.9 Å². The SMILES string of the molecule is COCCC(CSc1ccccc1)NC(=O)OCc1ccccc1. The Hall–Kier alpha value is -1.98. The third kappa shape index (κ3) is 7.06. The molecule has 0 bridgehead atoms. The van der Waals surface area contributed by atoms with Gasteiger partial charge < -0.3 is 14.8 Å². The summed E-state index contributed by atoms with van der Waals surface area (Å²) in [5, 5.41) is 2.93.